The van der Waals surface area contributed by atoms with E-state index in [0.29, 0.717) is 12.3 Å². The number of carboxylic acids is 1. The molecule has 3 amide bonds. The second-order valence-corrected chi connectivity index (χ2v) is 3.53. The molecular weight excluding hydrogens is 252 g/mol. The van der Waals surface area contributed by atoms with Crippen LogP contribution in [0.3, 0.4) is 0 Å². The van der Waals surface area contributed by atoms with E-state index in [1.807, 2.05) is 0 Å². The first-order valence-corrected chi connectivity index (χ1v) is 5.56. The van der Waals surface area contributed by atoms with E-state index in [1.54, 1.807) is 6.92 Å². The Balaban J connectivity index is 2.42. The minimum atomic E-state index is -1.04. The molecule has 3 N–H and O–H groups in total. The zero-order chi connectivity index (χ0) is 14.3. The van der Waals surface area contributed by atoms with Gasteiger partial charge in [-0.05, 0) is 31.2 Å². The third kappa shape index (κ3) is 5.07. The molecule has 0 radical (unpaired) electrons. The fourth-order valence-corrected chi connectivity index (χ4v) is 1.21. The lowest BCUT2D eigenvalue weighted by molar-refractivity contribution is -0.122. The Hall–Kier alpha value is -2.57. The van der Waals surface area contributed by atoms with Gasteiger partial charge in [-0.15, -0.1) is 0 Å². The van der Waals surface area contributed by atoms with Gasteiger partial charge in [0.1, 0.15) is 5.75 Å². The molecule has 0 saturated carbocycles. The molecule has 0 bridgehead atoms. The third-order valence-electron chi connectivity index (χ3n) is 2.06. The topological polar surface area (TPSA) is 105 Å². The van der Waals surface area contributed by atoms with Crippen molar-refractivity contribution in [3.63, 3.8) is 0 Å². The first-order chi connectivity index (χ1) is 9.02. The van der Waals surface area contributed by atoms with Gasteiger partial charge in [-0.1, -0.05) is 0 Å². The van der Waals surface area contributed by atoms with Gasteiger partial charge in [-0.25, -0.2) is 9.59 Å². The molecule has 0 atom stereocenters. The maximum atomic E-state index is 11.3. The number of urea groups is 1. The Morgan fingerprint density at radius 2 is 1.84 bits per heavy atom. The number of carboxylic acid groups (broad SMARTS) is 1. The van der Waals surface area contributed by atoms with E-state index in [4.69, 9.17) is 9.84 Å². The van der Waals surface area contributed by atoms with Gasteiger partial charge < -0.3 is 15.2 Å². The first-order valence-electron chi connectivity index (χ1n) is 5.56. The van der Waals surface area contributed by atoms with Crippen LogP contribution in [0, 0.1) is 0 Å². The van der Waals surface area contributed by atoms with Gasteiger partial charge in [-0.3, -0.25) is 10.1 Å². The van der Waals surface area contributed by atoms with Gasteiger partial charge in [0, 0.05) is 6.54 Å². The number of nitrogens with one attached hydrogen (secondary N) is 2. The van der Waals surface area contributed by atoms with Crippen molar-refractivity contribution in [1.29, 1.82) is 0 Å². The summed E-state index contributed by atoms with van der Waals surface area (Å²) in [5.41, 5.74) is 0.124. The summed E-state index contributed by atoms with van der Waals surface area (Å²) in [5, 5.41) is 13.2. The molecule has 0 aliphatic carbocycles. The molecule has 19 heavy (non-hydrogen) atoms. The van der Waals surface area contributed by atoms with Crippen LogP contribution >= 0.6 is 0 Å². The Bertz CT molecular complexity index is 470. The van der Waals surface area contributed by atoms with E-state index < -0.39 is 17.9 Å². The van der Waals surface area contributed by atoms with Crippen LogP contribution in [0.25, 0.3) is 0 Å². The summed E-state index contributed by atoms with van der Waals surface area (Å²) in [4.78, 5) is 32.9. The quantitative estimate of drug-likeness (QED) is 0.724. The molecule has 0 spiro atoms. The molecule has 0 aliphatic heterocycles. The fraction of sp³-hybridized carbons (Fsp3) is 0.250. The van der Waals surface area contributed by atoms with Crippen molar-refractivity contribution >= 4 is 17.9 Å². The van der Waals surface area contributed by atoms with E-state index in [9.17, 15) is 14.4 Å². The highest BCUT2D eigenvalue weighted by Gasteiger charge is 2.08. The molecule has 0 unspecified atom stereocenters. The van der Waals surface area contributed by atoms with Crippen LogP contribution in [0.2, 0.25) is 0 Å². The number of hydrogen-bond donors (Lipinski definition) is 3. The van der Waals surface area contributed by atoms with E-state index in [1.165, 1.54) is 24.3 Å². The summed E-state index contributed by atoms with van der Waals surface area (Å²) < 4.78 is 5.10. The average Bonchev–Trinajstić information content (AvgIpc) is 2.37. The van der Waals surface area contributed by atoms with Crippen molar-refractivity contribution < 1.29 is 24.2 Å². The molecule has 0 saturated heterocycles. The second-order valence-electron chi connectivity index (χ2n) is 3.53. The van der Waals surface area contributed by atoms with Crippen molar-refractivity contribution in [3.8, 4) is 5.75 Å². The van der Waals surface area contributed by atoms with Gasteiger partial charge in [-0.2, -0.15) is 0 Å². The zero-order valence-electron chi connectivity index (χ0n) is 10.3. The number of aromatic carboxylic acids is 1. The lowest BCUT2D eigenvalue weighted by atomic mass is 10.2. The molecular formula is C12H14N2O5. The Morgan fingerprint density at radius 3 is 2.37 bits per heavy atom. The Labute approximate surface area is 109 Å². The lowest BCUT2D eigenvalue weighted by Gasteiger charge is -2.07. The SMILES string of the molecule is CCNC(=O)NC(=O)COc1ccc(C(=O)O)cc1. The predicted octanol–water partition coefficient (Wildman–Crippen LogP) is 0.609. The van der Waals surface area contributed by atoms with Crippen LogP contribution in [-0.4, -0.2) is 36.2 Å². The zero-order valence-corrected chi connectivity index (χ0v) is 10.3. The monoisotopic (exact) mass is 266 g/mol. The summed E-state index contributed by atoms with van der Waals surface area (Å²) in [7, 11) is 0. The van der Waals surface area contributed by atoms with Crippen molar-refractivity contribution in [2.45, 2.75) is 6.92 Å². The standard InChI is InChI=1S/C12H14N2O5/c1-2-13-12(18)14-10(15)7-19-9-5-3-8(4-6-9)11(16)17/h3-6H,2,7H2,1H3,(H,16,17)(H2,13,14,15,18). The van der Waals surface area contributed by atoms with Crippen LogP contribution in [0.15, 0.2) is 24.3 Å². The Morgan fingerprint density at radius 1 is 1.21 bits per heavy atom. The number of carbonyl (C=O) groups is 3. The van der Waals surface area contributed by atoms with Gasteiger partial charge in [0.25, 0.3) is 5.91 Å². The molecule has 0 heterocycles. The number of rotatable bonds is 5. The summed E-state index contributed by atoms with van der Waals surface area (Å²) in [6.07, 6.45) is 0. The van der Waals surface area contributed by atoms with Crippen LogP contribution < -0.4 is 15.4 Å². The summed E-state index contributed by atoms with van der Waals surface area (Å²) >= 11 is 0. The lowest BCUT2D eigenvalue weighted by Crippen LogP contribution is -2.41. The van der Waals surface area contributed by atoms with Crippen molar-refractivity contribution in [2.24, 2.45) is 0 Å². The van der Waals surface area contributed by atoms with Crippen molar-refractivity contribution in [3.05, 3.63) is 29.8 Å². The number of hydrogen-bond acceptors (Lipinski definition) is 4. The van der Waals surface area contributed by atoms with E-state index in [0.717, 1.165) is 0 Å². The van der Waals surface area contributed by atoms with Gasteiger partial charge in [0.2, 0.25) is 0 Å². The molecule has 0 aliphatic rings. The second kappa shape index (κ2) is 7.00. The van der Waals surface area contributed by atoms with Crippen LogP contribution in [0.4, 0.5) is 4.79 Å². The molecule has 0 fully saturated rings. The van der Waals surface area contributed by atoms with Gasteiger partial charge >= 0.3 is 12.0 Å². The Kier molecular flexibility index (Phi) is 5.34. The first kappa shape index (κ1) is 14.5. The minimum absolute atomic E-state index is 0.124. The predicted molar refractivity (Wildman–Crippen MR) is 66.1 cm³/mol. The van der Waals surface area contributed by atoms with E-state index in [-0.39, 0.29) is 12.2 Å². The summed E-state index contributed by atoms with van der Waals surface area (Å²) in [6, 6.07) is 5.00. The maximum Gasteiger partial charge on any atom is 0.335 e. The largest absolute Gasteiger partial charge is 0.484 e. The third-order valence-corrected chi connectivity index (χ3v) is 2.06. The highest BCUT2D eigenvalue weighted by atomic mass is 16.5. The van der Waals surface area contributed by atoms with Crippen LogP contribution in [0.5, 0.6) is 5.75 Å². The smallest absolute Gasteiger partial charge is 0.335 e. The molecule has 1 aromatic carbocycles. The maximum absolute atomic E-state index is 11.3. The highest BCUT2D eigenvalue weighted by molar-refractivity contribution is 5.95. The molecule has 7 nitrogen and oxygen atoms in total. The van der Waals surface area contributed by atoms with Crippen molar-refractivity contribution in [2.75, 3.05) is 13.2 Å². The highest BCUT2D eigenvalue weighted by Crippen LogP contribution is 2.11. The number of benzene rings is 1. The van der Waals surface area contributed by atoms with E-state index >= 15 is 0 Å². The van der Waals surface area contributed by atoms with Crippen LogP contribution in [0.1, 0.15) is 17.3 Å². The number of amides is 3. The molecule has 102 valence electrons. The minimum Gasteiger partial charge on any atom is -0.484 e. The molecule has 0 aromatic heterocycles. The molecule has 1 rings (SSSR count). The molecule has 7 heteroatoms. The number of ether oxygens (including phenoxy) is 1. The summed E-state index contributed by atoms with van der Waals surface area (Å²) in [6.45, 7) is 1.81. The average molecular weight is 266 g/mol. The van der Waals surface area contributed by atoms with Crippen molar-refractivity contribution in [1.82, 2.24) is 10.6 Å². The number of imide groups is 1. The van der Waals surface area contributed by atoms with Gasteiger partial charge in [0.15, 0.2) is 6.61 Å². The normalized spacial score (nSPS) is 9.53. The summed E-state index contributed by atoms with van der Waals surface area (Å²) in [5.74, 6) is -1.29. The van der Waals surface area contributed by atoms with Gasteiger partial charge in [0.05, 0.1) is 5.56 Å². The fourth-order valence-electron chi connectivity index (χ4n) is 1.21. The van der Waals surface area contributed by atoms with E-state index in [2.05, 4.69) is 10.6 Å². The molecule has 1 aromatic rings. The number of carbonyl (C=O) groups excluding carboxylic acids is 2. The van der Waals surface area contributed by atoms with Crippen LogP contribution in [-0.2, 0) is 4.79 Å².